The van der Waals surface area contributed by atoms with Crippen molar-refractivity contribution in [2.45, 2.75) is 6.54 Å². The molecule has 0 unspecified atom stereocenters. The van der Waals surface area contributed by atoms with Gasteiger partial charge in [0.05, 0.1) is 23.3 Å². The minimum Gasteiger partial charge on any atom is -0.345 e. The molecular weight excluding hydrogens is 270 g/mol. The SMILES string of the molecule is O=C(NCc1ccncn1)c1nc2ccccc2[nH]c1=O. The second-order valence-electron chi connectivity index (χ2n) is 4.32. The Labute approximate surface area is 119 Å². The molecule has 0 atom stereocenters. The number of nitrogens with one attached hydrogen (secondary N) is 2. The number of para-hydroxylation sites is 2. The first-order chi connectivity index (χ1) is 10.2. The van der Waals surface area contributed by atoms with Gasteiger partial charge >= 0.3 is 0 Å². The number of hydrogen-bond acceptors (Lipinski definition) is 5. The van der Waals surface area contributed by atoms with Crippen molar-refractivity contribution in [3.05, 3.63) is 64.6 Å². The van der Waals surface area contributed by atoms with Gasteiger partial charge in [0.25, 0.3) is 11.5 Å². The lowest BCUT2D eigenvalue weighted by Crippen LogP contribution is -2.31. The zero-order chi connectivity index (χ0) is 14.7. The molecule has 0 spiro atoms. The van der Waals surface area contributed by atoms with E-state index >= 15 is 0 Å². The third kappa shape index (κ3) is 2.76. The number of hydrogen-bond donors (Lipinski definition) is 2. The van der Waals surface area contributed by atoms with E-state index in [0.29, 0.717) is 16.7 Å². The van der Waals surface area contributed by atoms with Gasteiger partial charge in [0, 0.05) is 6.20 Å². The summed E-state index contributed by atoms with van der Waals surface area (Å²) in [6, 6.07) is 8.71. The molecule has 0 saturated carbocycles. The summed E-state index contributed by atoms with van der Waals surface area (Å²) < 4.78 is 0. The minimum absolute atomic E-state index is 0.164. The van der Waals surface area contributed by atoms with Crippen LogP contribution in [0, 0.1) is 0 Å². The molecule has 0 aliphatic heterocycles. The standard InChI is InChI=1S/C14H11N5O2/c20-13(16-7-9-5-6-15-8-17-9)12-14(21)19-11-4-2-1-3-10(11)18-12/h1-6,8H,7H2,(H,16,20)(H,19,21). The van der Waals surface area contributed by atoms with Crippen LogP contribution in [-0.2, 0) is 6.54 Å². The van der Waals surface area contributed by atoms with Gasteiger partial charge in [0.1, 0.15) is 6.33 Å². The van der Waals surface area contributed by atoms with Crippen molar-refractivity contribution in [2.75, 3.05) is 0 Å². The molecule has 3 aromatic rings. The molecule has 2 aromatic heterocycles. The molecule has 0 aliphatic rings. The zero-order valence-corrected chi connectivity index (χ0v) is 10.9. The average molecular weight is 281 g/mol. The Morgan fingerprint density at radius 2 is 2.10 bits per heavy atom. The molecule has 7 nitrogen and oxygen atoms in total. The number of aromatic nitrogens is 4. The van der Waals surface area contributed by atoms with E-state index in [-0.39, 0.29) is 12.2 Å². The maximum absolute atomic E-state index is 12.0. The lowest BCUT2D eigenvalue weighted by atomic mass is 10.3. The molecular formula is C14H11N5O2. The summed E-state index contributed by atoms with van der Waals surface area (Å²) in [5.41, 5.74) is 1.12. The van der Waals surface area contributed by atoms with Gasteiger partial charge in [-0.15, -0.1) is 0 Å². The monoisotopic (exact) mass is 281 g/mol. The molecule has 104 valence electrons. The number of rotatable bonds is 3. The fourth-order valence-corrected chi connectivity index (χ4v) is 1.86. The second kappa shape index (κ2) is 5.49. The third-order valence-corrected chi connectivity index (χ3v) is 2.89. The van der Waals surface area contributed by atoms with Gasteiger partial charge in [-0.2, -0.15) is 0 Å². The quantitative estimate of drug-likeness (QED) is 0.734. The molecule has 1 aromatic carbocycles. The molecule has 2 N–H and O–H groups in total. The Balaban J connectivity index is 1.84. The summed E-state index contributed by atoms with van der Waals surface area (Å²) in [5.74, 6) is -0.541. The van der Waals surface area contributed by atoms with Crippen LogP contribution in [0.4, 0.5) is 0 Å². The molecule has 0 radical (unpaired) electrons. The van der Waals surface area contributed by atoms with E-state index in [1.54, 1.807) is 36.5 Å². The summed E-state index contributed by atoms with van der Waals surface area (Å²) in [4.78, 5) is 38.4. The number of fused-ring (bicyclic) bond motifs is 1. The fraction of sp³-hybridized carbons (Fsp3) is 0.0714. The average Bonchev–Trinajstić information content (AvgIpc) is 2.53. The highest BCUT2D eigenvalue weighted by Gasteiger charge is 2.13. The summed E-state index contributed by atoms with van der Waals surface area (Å²) in [6.07, 6.45) is 2.97. The smallest absolute Gasteiger partial charge is 0.280 e. The van der Waals surface area contributed by atoms with Crippen LogP contribution >= 0.6 is 0 Å². The van der Waals surface area contributed by atoms with E-state index in [1.165, 1.54) is 6.33 Å². The van der Waals surface area contributed by atoms with E-state index in [9.17, 15) is 9.59 Å². The highest BCUT2D eigenvalue weighted by atomic mass is 16.2. The van der Waals surface area contributed by atoms with E-state index in [1.807, 2.05) is 0 Å². The van der Waals surface area contributed by atoms with Gasteiger partial charge in [-0.25, -0.2) is 15.0 Å². The van der Waals surface area contributed by atoms with E-state index in [4.69, 9.17) is 0 Å². The van der Waals surface area contributed by atoms with Crippen LogP contribution in [0.15, 0.2) is 47.7 Å². The predicted octanol–water partition coefficient (Wildman–Crippen LogP) is 0.643. The van der Waals surface area contributed by atoms with Crippen LogP contribution in [0.3, 0.4) is 0 Å². The molecule has 0 bridgehead atoms. The zero-order valence-electron chi connectivity index (χ0n) is 10.9. The maximum atomic E-state index is 12.0. The Morgan fingerprint density at radius 1 is 1.24 bits per heavy atom. The van der Waals surface area contributed by atoms with Crippen LogP contribution in [0.25, 0.3) is 11.0 Å². The second-order valence-corrected chi connectivity index (χ2v) is 4.32. The van der Waals surface area contributed by atoms with Crippen molar-refractivity contribution in [1.29, 1.82) is 0 Å². The van der Waals surface area contributed by atoms with Crippen molar-refractivity contribution < 1.29 is 4.79 Å². The van der Waals surface area contributed by atoms with Crippen molar-refractivity contribution in [1.82, 2.24) is 25.3 Å². The Hall–Kier alpha value is -3.09. The van der Waals surface area contributed by atoms with Crippen molar-refractivity contribution in [2.24, 2.45) is 0 Å². The third-order valence-electron chi connectivity index (χ3n) is 2.89. The summed E-state index contributed by atoms with van der Waals surface area (Å²) in [7, 11) is 0. The molecule has 0 aliphatic carbocycles. The topological polar surface area (TPSA) is 101 Å². The Kier molecular flexibility index (Phi) is 3.38. The van der Waals surface area contributed by atoms with Crippen molar-refractivity contribution in [3.63, 3.8) is 0 Å². The van der Waals surface area contributed by atoms with E-state index in [2.05, 4.69) is 25.3 Å². The normalized spacial score (nSPS) is 10.5. The molecule has 7 heteroatoms. The molecule has 2 heterocycles. The lowest BCUT2D eigenvalue weighted by Gasteiger charge is -2.04. The number of carbonyl (C=O) groups is 1. The molecule has 0 saturated heterocycles. The fourth-order valence-electron chi connectivity index (χ4n) is 1.86. The Bertz CT molecular complexity index is 845. The summed E-state index contributed by atoms with van der Waals surface area (Å²) in [5, 5.41) is 2.61. The van der Waals surface area contributed by atoms with Gasteiger partial charge < -0.3 is 10.3 Å². The van der Waals surface area contributed by atoms with Gasteiger partial charge in [0.2, 0.25) is 0 Å². The first kappa shape index (κ1) is 12.9. The maximum Gasteiger partial charge on any atom is 0.280 e. The van der Waals surface area contributed by atoms with Gasteiger partial charge in [-0.05, 0) is 18.2 Å². The number of amides is 1. The predicted molar refractivity (Wildman–Crippen MR) is 75.6 cm³/mol. The van der Waals surface area contributed by atoms with Crippen molar-refractivity contribution in [3.8, 4) is 0 Å². The number of nitrogens with zero attached hydrogens (tertiary/aromatic N) is 3. The minimum atomic E-state index is -0.541. The molecule has 3 rings (SSSR count). The van der Waals surface area contributed by atoms with Crippen LogP contribution in [-0.4, -0.2) is 25.8 Å². The number of H-pyrrole nitrogens is 1. The van der Waals surface area contributed by atoms with Crippen LogP contribution in [0.2, 0.25) is 0 Å². The lowest BCUT2D eigenvalue weighted by molar-refractivity contribution is 0.0944. The van der Waals surface area contributed by atoms with Crippen LogP contribution < -0.4 is 10.9 Å². The number of benzene rings is 1. The molecule has 1 amide bonds. The highest BCUT2D eigenvalue weighted by Crippen LogP contribution is 2.05. The largest absolute Gasteiger partial charge is 0.345 e. The van der Waals surface area contributed by atoms with Gasteiger partial charge in [-0.1, -0.05) is 12.1 Å². The molecule has 21 heavy (non-hydrogen) atoms. The van der Waals surface area contributed by atoms with E-state index < -0.39 is 11.5 Å². The van der Waals surface area contributed by atoms with E-state index in [0.717, 1.165) is 0 Å². The van der Waals surface area contributed by atoms with Gasteiger partial charge in [-0.3, -0.25) is 9.59 Å². The Morgan fingerprint density at radius 3 is 2.90 bits per heavy atom. The van der Waals surface area contributed by atoms with Crippen molar-refractivity contribution >= 4 is 16.9 Å². The summed E-state index contributed by atoms with van der Waals surface area (Å²) >= 11 is 0. The summed E-state index contributed by atoms with van der Waals surface area (Å²) in [6.45, 7) is 0.204. The first-order valence-electron chi connectivity index (χ1n) is 6.26. The number of carbonyl (C=O) groups excluding carboxylic acids is 1. The van der Waals surface area contributed by atoms with Crippen LogP contribution in [0.5, 0.6) is 0 Å². The van der Waals surface area contributed by atoms with Gasteiger partial charge in [0.15, 0.2) is 5.69 Å². The number of aromatic amines is 1. The first-order valence-corrected chi connectivity index (χ1v) is 6.26. The highest BCUT2D eigenvalue weighted by molar-refractivity contribution is 5.93. The van der Waals surface area contributed by atoms with Crippen LogP contribution in [0.1, 0.15) is 16.2 Å². The molecule has 0 fully saturated rings.